The van der Waals surface area contributed by atoms with Crippen LogP contribution in [-0.4, -0.2) is 22.8 Å². The van der Waals surface area contributed by atoms with E-state index in [1.54, 1.807) is 36.4 Å². The third-order valence-electron chi connectivity index (χ3n) is 4.04. The van der Waals surface area contributed by atoms with Crippen molar-refractivity contribution in [3.63, 3.8) is 0 Å². The van der Waals surface area contributed by atoms with Gasteiger partial charge in [-0.15, -0.1) is 0 Å². The molecule has 138 valence electrons. The molecule has 1 unspecified atom stereocenters. The molecule has 0 spiro atoms. The van der Waals surface area contributed by atoms with Crippen molar-refractivity contribution in [1.29, 1.82) is 0 Å². The fourth-order valence-corrected chi connectivity index (χ4v) is 2.96. The number of benzene rings is 1. The molecule has 0 bridgehead atoms. The highest BCUT2D eigenvalue weighted by atomic mass is 35.5. The first-order valence-electron chi connectivity index (χ1n) is 8.29. The second kappa shape index (κ2) is 8.37. The van der Waals surface area contributed by atoms with Gasteiger partial charge in [0.25, 0.3) is 11.8 Å². The highest BCUT2D eigenvalue weighted by Crippen LogP contribution is 2.21. The molecular formula is C20H17Cl2N3O2. The van der Waals surface area contributed by atoms with Gasteiger partial charge in [-0.25, -0.2) is 4.98 Å². The number of carbonyl (C=O) groups excluding carboxylic acids is 2. The minimum Gasteiger partial charge on any atom is -0.345 e. The van der Waals surface area contributed by atoms with Crippen LogP contribution in [0.5, 0.6) is 0 Å². The van der Waals surface area contributed by atoms with Crippen molar-refractivity contribution in [2.24, 2.45) is 0 Å². The number of nitrogens with zero attached hydrogens (tertiary/aromatic N) is 1. The van der Waals surface area contributed by atoms with E-state index in [4.69, 9.17) is 23.2 Å². The molecular weight excluding hydrogens is 385 g/mol. The summed E-state index contributed by atoms with van der Waals surface area (Å²) in [5.74, 6) is -0.523. The molecule has 0 radical (unpaired) electrons. The molecule has 0 saturated carbocycles. The van der Waals surface area contributed by atoms with Crippen molar-refractivity contribution in [1.82, 2.24) is 15.6 Å². The van der Waals surface area contributed by atoms with Crippen LogP contribution in [0.3, 0.4) is 0 Å². The predicted octanol–water partition coefficient (Wildman–Crippen LogP) is 3.98. The number of aryl methyl sites for hydroxylation is 1. The zero-order valence-electron chi connectivity index (χ0n) is 14.5. The molecule has 1 aromatic carbocycles. The van der Waals surface area contributed by atoms with Crippen LogP contribution in [0.25, 0.3) is 0 Å². The Balaban J connectivity index is 1.65. The zero-order valence-corrected chi connectivity index (χ0v) is 16.0. The molecule has 1 aromatic heterocycles. The molecule has 7 heteroatoms. The lowest BCUT2D eigenvalue weighted by Crippen LogP contribution is -2.37. The SMILES string of the molecule is Cc1cccc(C(=O)NC2=C(Cl)C=CC(NC(=O)c3ccc(Cl)nc3)C2)c1. The highest BCUT2D eigenvalue weighted by molar-refractivity contribution is 6.31. The van der Waals surface area contributed by atoms with Crippen LogP contribution in [0.2, 0.25) is 5.15 Å². The van der Waals surface area contributed by atoms with Crippen molar-refractivity contribution in [3.05, 3.63) is 87.3 Å². The van der Waals surface area contributed by atoms with Gasteiger partial charge in [0.1, 0.15) is 5.15 Å². The number of rotatable bonds is 4. The average Bonchev–Trinajstić information content (AvgIpc) is 2.65. The van der Waals surface area contributed by atoms with Gasteiger partial charge in [0.15, 0.2) is 0 Å². The number of hydrogen-bond donors (Lipinski definition) is 2. The Kier molecular flexibility index (Phi) is 5.94. The van der Waals surface area contributed by atoms with Crippen LogP contribution in [-0.2, 0) is 0 Å². The summed E-state index contributed by atoms with van der Waals surface area (Å²) >= 11 is 12.0. The lowest BCUT2D eigenvalue weighted by Gasteiger charge is -2.22. The van der Waals surface area contributed by atoms with Crippen LogP contribution >= 0.6 is 23.2 Å². The van der Waals surface area contributed by atoms with Gasteiger partial charge in [0.05, 0.1) is 16.6 Å². The molecule has 2 aromatic rings. The van der Waals surface area contributed by atoms with Gasteiger partial charge in [-0.05, 0) is 37.3 Å². The topological polar surface area (TPSA) is 71.1 Å². The summed E-state index contributed by atoms with van der Waals surface area (Å²) < 4.78 is 0. The van der Waals surface area contributed by atoms with Crippen LogP contribution in [0.1, 0.15) is 32.7 Å². The Morgan fingerprint density at radius 1 is 1.11 bits per heavy atom. The molecule has 1 heterocycles. The number of hydrogen-bond acceptors (Lipinski definition) is 3. The summed E-state index contributed by atoms with van der Waals surface area (Å²) in [5.41, 5.74) is 2.51. The lowest BCUT2D eigenvalue weighted by atomic mass is 10.0. The van der Waals surface area contributed by atoms with Gasteiger partial charge in [-0.3, -0.25) is 9.59 Å². The molecule has 3 rings (SSSR count). The van der Waals surface area contributed by atoms with Crippen molar-refractivity contribution < 1.29 is 9.59 Å². The second-order valence-corrected chi connectivity index (χ2v) is 6.96. The average molecular weight is 402 g/mol. The van der Waals surface area contributed by atoms with Crippen molar-refractivity contribution in [3.8, 4) is 0 Å². The van der Waals surface area contributed by atoms with Gasteiger partial charge in [0, 0.05) is 23.9 Å². The molecule has 27 heavy (non-hydrogen) atoms. The van der Waals surface area contributed by atoms with Crippen LogP contribution in [0, 0.1) is 6.92 Å². The third-order valence-corrected chi connectivity index (χ3v) is 4.62. The summed E-state index contributed by atoms with van der Waals surface area (Å²) in [4.78, 5) is 28.7. The summed E-state index contributed by atoms with van der Waals surface area (Å²) in [5, 5.41) is 6.47. The Bertz CT molecular complexity index is 936. The number of amides is 2. The van der Waals surface area contributed by atoms with E-state index in [-0.39, 0.29) is 17.9 Å². The maximum atomic E-state index is 12.5. The van der Waals surface area contributed by atoms with Gasteiger partial charge < -0.3 is 10.6 Å². The van der Waals surface area contributed by atoms with Gasteiger partial charge in [-0.2, -0.15) is 0 Å². The quantitative estimate of drug-likeness (QED) is 0.760. The number of carbonyl (C=O) groups is 2. The smallest absolute Gasteiger partial charge is 0.255 e. The Hall–Kier alpha value is -2.63. The minimum atomic E-state index is -0.302. The molecule has 0 saturated heterocycles. The van der Waals surface area contributed by atoms with E-state index in [1.807, 2.05) is 19.1 Å². The molecule has 0 fully saturated rings. The summed E-state index contributed by atoms with van der Waals surface area (Å²) in [6.45, 7) is 1.92. The first kappa shape index (κ1) is 19.1. The zero-order chi connectivity index (χ0) is 19.4. The lowest BCUT2D eigenvalue weighted by molar-refractivity contribution is 0.0943. The summed E-state index contributed by atoms with van der Waals surface area (Å²) in [6, 6.07) is 10.1. The second-order valence-electron chi connectivity index (χ2n) is 6.16. The first-order chi connectivity index (χ1) is 12.9. The Morgan fingerprint density at radius 3 is 2.63 bits per heavy atom. The van der Waals surface area contributed by atoms with Gasteiger partial charge in [-0.1, -0.05) is 47.0 Å². The van der Waals surface area contributed by atoms with Crippen molar-refractivity contribution in [2.75, 3.05) is 0 Å². The number of pyridine rings is 1. The van der Waals surface area contributed by atoms with E-state index in [9.17, 15) is 9.59 Å². The summed E-state index contributed by atoms with van der Waals surface area (Å²) in [7, 11) is 0. The normalized spacial score (nSPS) is 16.2. The highest BCUT2D eigenvalue weighted by Gasteiger charge is 2.20. The number of allylic oxidation sites excluding steroid dienone is 2. The molecule has 1 atom stereocenters. The van der Waals surface area contributed by atoms with E-state index in [0.29, 0.717) is 33.4 Å². The van der Waals surface area contributed by atoms with E-state index in [1.165, 1.54) is 6.20 Å². The van der Waals surface area contributed by atoms with E-state index >= 15 is 0 Å². The molecule has 1 aliphatic rings. The van der Waals surface area contributed by atoms with Crippen LogP contribution < -0.4 is 10.6 Å². The molecule has 0 aliphatic heterocycles. The first-order valence-corrected chi connectivity index (χ1v) is 9.05. The molecule has 2 N–H and O–H groups in total. The third kappa shape index (κ3) is 4.96. The van der Waals surface area contributed by atoms with Gasteiger partial charge in [0.2, 0.25) is 0 Å². The Labute approximate surface area is 167 Å². The van der Waals surface area contributed by atoms with Crippen LogP contribution in [0.15, 0.2) is 65.5 Å². The minimum absolute atomic E-state index is 0.242. The van der Waals surface area contributed by atoms with E-state index < -0.39 is 0 Å². The monoisotopic (exact) mass is 401 g/mol. The van der Waals surface area contributed by atoms with Crippen molar-refractivity contribution >= 4 is 35.0 Å². The summed E-state index contributed by atoms with van der Waals surface area (Å²) in [6.07, 6.45) is 5.24. The molecule has 1 aliphatic carbocycles. The maximum Gasteiger partial charge on any atom is 0.255 e. The van der Waals surface area contributed by atoms with E-state index in [0.717, 1.165) is 5.56 Å². The molecule has 5 nitrogen and oxygen atoms in total. The number of aromatic nitrogens is 1. The molecule has 2 amide bonds. The standard InChI is InChI=1S/C20H17Cl2N3O2/c1-12-3-2-4-13(9-12)19(26)25-17-10-15(6-7-16(17)21)24-20(27)14-5-8-18(22)23-11-14/h2-9,11,15H,10H2,1H3,(H,24,27)(H,25,26). The Morgan fingerprint density at radius 2 is 1.93 bits per heavy atom. The number of halogens is 2. The fourth-order valence-electron chi connectivity index (χ4n) is 2.65. The van der Waals surface area contributed by atoms with Crippen LogP contribution in [0.4, 0.5) is 0 Å². The predicted molar refractivity (Wildman–Crippen MR) is 106 cm³/mol. The van der Waals surface area contributed by atoms with Gasteiger partial charge >= 0.3 is 0 Å². The maximum absolute atomic E-state index is 12.5. The van der Waals surface area contributed by atoms with E-state index in [2.05, 4.69) is 15.6 Å². The van der Waals surface area contributed by atoms with Crippen molar-refractivity contribution in [2.45, 2.75) is 19.4 Å². The number of nitrogens with one attached hydrogen (secondary N) is 2. The fraction of sp³-hybridized carbons (Fsp3) is 0.150. The largest absolute Gasteiger partial charge is 0.345 e.